The van der Waals surface area contributed by atoms with Crippen LogP contribution in [0.3, 0.4) is 0 Å². The Balaban J connectivity index is 2.02. The predicted molar refractivity (Wildman–Crippen MR) is 71.1 cm³/mol. The summed E-state index contributed by atoms with van der Waals surface area (Å²) in [5.74, 6) is 0.754. The maximum absolute atomic E-state index is 6.27. The lowest BCUT2D eigenvalue weighted by molar-refractivity contribution is 0.140. The monoisotopic (exact) mass is 233 g/mol. The van der Waals surface area contributed by atoms with Crippen molar-refractivity contribution in [2.75, 3.05) is 13.2 Å². The summed E-state index contributed by atoms with van der Waals surface area (Å²) in [7, 11) is 0. The van der Waals surface area contributed by atoms with E-state index in [9.17, 15) is 0 Å². The van der Waals surface area contributed by atoms with Gasteiger partial charge in [-0.3, -0.25) is 0 Å². The first-order valence-electron chi connectivity index (χ1n) is 6.75. The highest BCUT2D eigenvalue weighted by molar-refractivity contribution is 5.33. The highest BCUT2D eigenvalue weighted by atomic mass is 16.5. The topological polar surface area (TPSA) is 35.2 Å². The number of nitrogens with two attached hydrogens (primary N) is 1. The fraction of sp³-hybridized carbons (Fsp3) is 0.600. The van der Waals surface area contributed by atoms with E-state index in [1.54, 1.807) is 0 Å². The predicted octanol–water partition coefficient (Wildman–Crippen LogP) is 3.38. The van der Waals surface area contributed by atoms with Crippen molar-refractivity contribution in [3.05, 3.63) is 35.4 Å². The van der Waals surface area contributed by atoms with Crippen molar-refractivity contribution in [2.24, 2.45) is 5.73 Å². The van der Waals surface area contributed by atoms with E-state index in [2.05, 4.69) is 24.3 Å². The molecule has 1 saturated carbocycles. The van der Waals surface area contributed by atoms with Crippen molar-refractivity contribution in [2.45, 2.75) is 44.6 Å². The normalized spacial score (nSPS) is 17.8. The fourth-order valence-corrected chi connectivity index (χ4v) is 2.45. The molecule has 2 nitrogen and oxygen atoms in total. The lowest BCUT2D eigenvalue weighted by Crippen LogP contribution is -2.18. The molecule has 0 amide bonds. The molecule has 0 bridgehead atoms. The number of hydrogen-bond acceptors (Lipinski definition) is 2. The molecule has 0 saturated heterocycles. The zero-order valence-corrected chi connectivity index (χ0v) is 10.7. The molecule has 17 heavy (non-hydrogen) atoms. The molecule has 0 heterocycles. The van der Waals surface area contributed by atoms with Gasteiger partial charge in [0.15, 0.2) is 0 Å². The Bertz CT molecular complexity index is 347. The third kappa shape index (κ3) is 3.08. The fourth-order valence-electron chi connectivity index (χ4n) is 2.45. The molecule has 1 aromatic rings. The molecule has 2 heteroatoms. The second-order valence-electron chi connectivity index (χ2n) is 4.85. The Morgan fingerprint density at radius 1 is 1.35 bits per heavy atom. The molecule has 0 aliphatic heterocycles. The SMILES string of the molecule is CCOCCC(N)c1ccccc1C1CCC1. The van der Waals surface area contributed by atoms with Crippen LogP contribution < -0.4 is 5.73 Å². The summed E-state index contributed by atoms with van der Waals surface area (Å²) in [4.78, 5) is 0. The van der Waals surface area contributed by atoms with Crippen LogP contribution in [0.25, 0.3) is 0 Å². The molecule has 0 spiro atoms. The van der Waals surface area contributed by atoms with Crippen molar-refractivity contribution in [3.63, 3.8) is 0 Å². The molecular formula is C15H23NO. The van der Waals surface area contributed by atoms with Crippen molar-refractivity contribution >= 4 is 0 Å². The van der Waals surface area contributed by atoms with E-state index >= 15 is 0 Å². The average Bonchev–Trinajstić information content (AvgIpc) is 2.28. The summed E-state index contributed by atoms with van der Waals surface area (Å²) in [6.45, 7) is 3.56. The molecule has 2 rings (SSSR count). The number of ether oxygens (including phenoxy) is 1. The van der Waals surface area contributed by atoms with Crippen molar-refractivity contribution in [3.8, 4) is 0 Å². The first-order chi connectivity index (χ1) is 8.33. The Morgan fingerprint density at radius 2 is 2.12 bits per heavy atom. The molecule has 1 unspecified atom stereocenters. The zero-order valence-electron chi connectivity index (χ0n) is 10.7. The summed E-state index contributed by atoms with van der Waals surface area (Å²) in [5.41, 5.74) is 9.08. The van der Waals surface area contributed by atoms with Crippen LogP contribution in [0.4, 0.5) is 0 Å². The lowest BCUT2D eigenvalue weighted by Gasteiger charge is -2.29. The molecule has 94 valence electrons. The minimum atomic E-state index is 0.123. The van der Waals surface area contributed by atoms with Crippen molar-refractivity contribution < 1.29 is 4.74 Å². The smallest absolute Gasteiger partial charge is 0.0483 e. The van der Waals surface area contributed by atoms with Gasteiger partial charge >= 0.3 is 0 Å². The van der Waals surface area contributed by atoms with Gasteiger partial charge in [0.05, 0.1) is 0 Å². The van der Waals surface area contributed by atoms with E-state index in [-0.39, 0.29) is 6.04 Å². The van der Waals surface area contributed by atoms with E-state index < -0.39 is 0 Å². The van der Waals surface area contributed by atoms with E-state index in [0.29, 0.717) is 0 Å². The maximum Gasteiger partial charge on any atom is 0.0483 e. The summed E-state index contributed by atoms with van der Waals surface area (Å²) >= 11 is 0. The Kier molecular flexibility index (Phi) is 4.57. The molecule has 1 atom stereocenters. The zero-order chi connectivity index (χ0) is 12.1. The third-order valence-electron chi connectivity index (χ3n) is 3.72. The van der Waals surface area contributed by atoms with Crippen molar-refractivity contribution in [1.29, 1.82) is 0 Å². The van der Waals surface area contributed by atoms with Crippen LogP contribution in [0.15, 0.2) is 24.3 Å². The van der Waals surface area contributed by atoms with Gasteiger partial charge in [0.2, 0.25) is 0 Å². The van der Waals surface area contributed by atoms with Gasteiger partial charge in [-0.1, -0.05) is 30.7 Å². The third-order valence-corrected chi connectivity index (χ3v) is 3.72. The van der Waals surface area contributed by atoms with Crippen molar-refractivity contribution in [1.82, 2.24) is 0 Å². The summed E-state index contributed by atoms with van der Waals surface area (Å²) in [5, 5.41) is 0. The van der Waals surface area contributed by atoms with Crippen LogP contribution in [0.5, 0.6) is 0 Å². The molecule has 0 aromatic heterocycles. The van der Waals surface area contributed by atoms with E-state index in [1.807, 2.05) is 6.92 Å². The Hall–Kier alpha value is -0.860. The molecule has 1 aliphatic rings. The van der Waals surface area contributed by atoms with Crippen LogP contribution in [0.1, 0.15) is 55.7 Å². The molecular weight excluding hydrogens is 210 g/mol. The second-order valence-corrected chi connectivity index (χ2v) is 4.85. The minimum absolute atomic E-state index is 0.123. The number of hydrogen-bond donors (Lipinski definition) is 1. The second kappa shape index (κ2) is 6.18. The highest BCUT2D eigenvalue weighted by Gasteiger charge is 2.23. The van der Waals surface area contributed by atoms with Gasteiger partial charge in [-0.05, 0) is 43.2 Å². The van der Waals surface area contributed by atoms with Gasteiger partial charge in [-0.2, -0.15) is 0 Å². The molecule has 1 fully saturated rings. The van der Waals surface area contributed by atoms with Gasteiger partial charge < -0.3 is 10.5 Å². The minimum Gasteiger partial charge on any atom is -0.382 e. The maximum atomic E-state index is 6.27. The van der Waals surface area contributed by atoms with Gasteiger partial charge in [-0.25, -0.2) is 0 Å². The lowest BCUT2D eigenvalue weighted by atomic mass is 9.77. The van der Waals surface area contributed by atoms with Crippen LogP contribution >= 0.6 is 0 Å². The van der Waals surface area contributed by atoms with Crippen LogP contribution in [0, 0.1) is 0 Å². The Labute approximate surface area is 104 Å². The summed E-state index contributed by atoms with van der Waals surface area (Å²) in [6.07, 6.45) is 4.94. The van der Waals surface area contributed by atoms with Gasteiger partial charge in [-0.15, -0.1) is 0 Å². The molecule has 1 aromatic carbocycles. The van der Waals surface area contributed by atoms with Gasteiger partial charge in [0.1, 0.15) is 0 Å². The highest BCUT2D eigenvalue weighted by Crippen LogP contribution is 2.39. The van der Waals surface area contributed by atoms with E-state index in [4.69, 9.17) is 10.5 Å². The van der Waals surface area contributed by atoms with Crippen LogP contribution in [-0.2, 0) is 4.74 Å². The van der Waals surface area contributed by atoms with E-state index in [1.165, 1.54) is 30.4 Å². The standard InChI is InChI=1S/C15H23NO/c1-2-17-11-10-15(16)14-9-4-3-8-13(14)12-6-5-7-12/h3-4,8-9,12,15H,2,5-7,10-11,16H2,1H3. The van der Waals surface area contributed by atoms with Crippen LogP contribution in [0.2, 0.25) is 0 Å². The Morgan fingerprint density at radius 3 is 2.76 bits per heavy atom. The summed E-state index contributed by atoms with van der Waals surface area (Å²) in [6, 6.07) is 8.78. The molecule has 1 aliphatic carbocycles. The first kappa shape index (κ1) is 12.6. The van der Waals surface area contributed by atoms with Crippen LogP contribution in [-0.4, -0.2) is 13.2 Å². The quantitative estimate of drug-likeness (QED) is 0.764. The number of rotatable bonds is 6. The largest absolute Gasteiger partial charge is 0.382 e. The summed E-state index contributed by atoms with van der Waals surface area (Å²) < 4.78 is 5.39. The van der Waals surface area contributed by atoms with Gasteiger partial charge in [0.25, 0.3) is 0 Å². The van der Waals surface area contributed by atoms with E-state index in [0.717, 1.165) is 25.6 Å². The average molecular weight is 233 g/mol. The first-order valence-corrected chi connectivity index (χ1v) is 6.75. The number of benzene rings is 1. The molecule has 0 radical (unpaired) electrons. The van der Waals surface area contributed by atoms with Gasteiger partial charge in [0, 0.05) is 19.3 Å². The molecule has 2 N–H and O–H groups in total.